The number of aliphatic hydroxyl groups is 1. The van der Waals surface area contributed by atoms with Crippen LogP contribution in [0.1, 0.15) is 52.4 Å². The summed E-state index contributed by atoms with van der Waals surface area (Å²) in [6.45, 7) is 4.83. The normalized spacial score (nSPS) is 13.1. The Hall–Kier alpha value is -2.71. The molecule has 0 radical (unpaired) electrons. The molecular formula is C21H23ClFN3O4. The van der Waals surface area contributed by atoms with Crippen LogP contribution in [0.2, 0.25) is 5.02 Å². The van der Waals surface area contributed by atoms with Gasteiger partial charge in [0, 0.05) is 17.9 Å². The Morgan fingerprint density at radius 1 is 1.30 bits per heavy atom. The number of carbonyl (C=O) groups excluding carboxylic acids is 3. The number of nitrogens with zero attached hydrogens (tertiary/aromatic N) is 1. The van der Waals surface area contributed by atoms with Crippen LogP contribution in [0.25, 0.3) is 0 Å². The molecule has 0 spiro atoms. The molecule has 3 rings (SSSR count). The van der Waals surface area contributed by atoms with Crippen molar-refractivity contribution in [3.05, 3.63) is 51.6 Å². The zero-order valence-corrected chi connectivity index (χ0v) is 17.7. The van der Waals surface area contributed by atoms with Gasteiger partial charge >= 0.3 is 0 Å². The molecule has 0 saturated carbocycles. The van der Waals surface area contributed by atoms with Crippen LogP contribution in [0.4, 0.5) is 10.1 Å². The van der Waals surface area contributed by atoms with Gasteiger partial charge in [-0.2, -0.15) is 0 Å². The number of rotatable bonds is 6. The number of Topliss-reactive ketones (excluding diaryl/α,β-unsaturated/α-hetero) is 1. The molecule has 0 bridgehead atoms. The molecule has 0 atom stereocenters. The van der Waals surface area contributed by atoms with E-state index in [1.165, 1.54) is 18.2 Å². The summed E-state index contributed by atoms with van der Waals surface area (Å²) in [7, 11) is 0. The number of hydrogen-bond acceptors (Lipinski definition) is 4. The number of amides is 2. The molecule has 2 aromatic rings. The molecule has 0 saturated heterocycles. The summed E-state index contributed by atoms with van der Waals surface area (Å²) in [5.41, 5.74) is 0.446. The van der Waals surface area contributed by atoms with E-state index in [0.29, 0.717) is 36.3 Å². The molecule has 30 heavy (non-hydrogen) atoms. The molecule has 1 aliphatic heterocycles. The van der Waals surface area contributed by atoms with E-state index in [-0.39, 0.29) is 28.7 Å². The van der Waals surface area contributed by atoms with Crippen LogP contribution in [-0.2, 0) is 17.8 Å². The number of aryl methyl sites for hydroxylation is 1. The maximum atomic E-state index is 13.5. The van der Waals surface area contributed by atoms with Gasteiger partial charge in [-0.05, 0) is 57.4 Å². The van der Waals surface area contributed by atoms with E-state index in [9.17, 15) is 23.9 Å². The second-order valence-corrected chi connectivity index (χ2v) is 8.36. The lowest BCUT2D eigenvalue weighted by Gasteiger charge is -2.22. The largest absolute Gasteiger partial charge is 0.394 e. The highest BCUT2D eigenvalue weighted by Crippen LogP contribution is 2.34. The first-order valence-corrected chi connectivity index (χ1v) is 9.89. The molecular weight excluding hydrogens is 413 g/mol. The van der Waals surface area contributed by atoms with Gasteiger partial charge in [-0.25, -0.2) is 4.39 Å². The van der Waals surface area contributed by atoms with Crippen LogP contribution in [0.5, 0.6) is 0 Å². The van der Waals surface area contributed by atoms with Crippen LogP contribution in [0.15, 0.2) is 18.2 Å². The number of nitrogens with one attached hydrogen (secondary N) is 2. The fourth-order valence-corrected chi connectivity index (χ4v) is 3.81. The third-order valence-electron chi connectivity index (χ3n) is 5.02. The van der Waals surface area contributed by atoms with Crippen LogP contribution in [0, 0.1) is 12.7 Å². The van der Waals surface area contributed by atoms with Gasteiger partial charge in [0.25, 0.3) is 17.6 Å². The Morgan fingerprint density at radius 3 is 2.63 bits per heavy atom. The van der Waals surface area contributed by atoms with Crippen LogP contribution in [0.3, 0.4) is 0 Å². The van der Waals surface area contributed by atoms with Gasteiger partial charge in [0.05, 0.1) is 22.7 Å². The number of aromatic nitrogens is 1. The first kappa shape index (κ1) is 22.0. The molecule has 160 valence electrons. The van der Waals surface area contributed by atoms with Gasteiger partial charge in [-0.15, -0.1) is 0 Å². The fraction of sp³-hybridized carbons (Fsp3) is 0.381. The lowest BCUT2D eigenvalue weighted by molar-refractivity contribution is -0.119. The lowest BCUT2D eigenvalue weighted by Crippen LogP contribution is -2.49. The van der Waals surface area contributed by atoms with Crippen LogP contribution in [-0.4, -0.2) is 39.4 Å². The number of ketones is 1. The molecule has 0 unspecified atom stereocenters. The van der Waals surface area contributed by atoms with E-state index in [1.54, 1.807) is 25.3 Å². The van der Waals surface area contributed by atoms with Crippen molar-refractivity contribution in [2.24, 2.45) is 0 Å². The molecule has 0 fully saturated rings. The minimum atomic E-state index is -0.986. The van der Waals surface area contributed by atoms with Gasteiger partial charge in [-0.1, -0.05) is 11.6 Å². The number of benzene rings is 1. The molecule has 1 aliphatic rings. The molecule has 0 aliphatic carbocycles. The van der Waals surface area contributed by atoms with Gasteiger partial charge in [-0.3, -0.25) is 14.4 Å². The molecule has 7 nitrogen and oxygen atoms in total. The molecule has 1 aromatic carbocycles. The Balaban J connectivity index is 1.94. The fourth-order valence-electron chi connectivity index (χ4n) is 3.43. The summed E-state index contributed by atoms with van der Waals surface area (Å²) >= 11 is 6.42. The maximum Gasteiger partial charge on any atom is 0.294 e. The highest BCUT2D eigenvalue weighted by atomic mass is 35.5. The van der Waals surface area contributed by atoms with Gasteiger partial charge < -0.3 is 20.3 Å². The number of anilines is 1. The van der Waals surface area contributed by atoms with Crippen molar-refractivity contribution >= 4 is 34.9 Å². The summed E-state index contributed by atoms with van der Waals surface area (Å²) in [4.78, 5) is 38.2. The highest BCUT2D eigenvalue weighted by molar-refractivity contribution is 6.48. The molecule has 2 heterocycles. The van der Waals surface area contributed by atoms with E-state index in [2.05, 4.69) is 10.6 Å². The van der Waals surface area contributed by atoms with Crippen molar-refractivity contribution in [2.45, 2.75) is 45.7 Å². The average Bonchev–Trinajstić information content (AvgIpc) is 3.23. The van der Waals surface area contributed by atoms with Crippen molar-refractivity contribution < 1.29 is 23.9 Å². The first-order valence-electron chi connectivity index (χ1n) is 9.52. The third-order valence-corrected chi connectivity index (χ3v) is 5.39. The average molecular weight is 436 g/mol. The predicted molar refractivity (Wildman–Crippen MR) is 110 cm³/mol. The van der Waals surface area contributed by atoms with Gasteiger partial charge in [0.15, 0.2) is 0 Å². The number of fused-ring (bicyclic) bond motifs is 1. The van der Waals surface area contributed by atoms with Crippen molar-refractivity contribution in [2.75, 3.05) is 11.9 Å². The molecule has 2 amide bonds. The quantitative estimate of drug-likeness (QED) is 0.479. The van der Waals surface area contributed by atoms with Crippen molar-refractivity contribution in [1.82, 2.24) is 9.88 Å². The Labute approximate surface area is 178 Å². The second-order valence-electron chi connectivity index (χ2n) is 7.98. The van der Waals surface area contributed by atoms with E-state index in [1.807, 2.05) is 0 Å². The summed E-state index contributed by atoms with van der Waals surface area (Å²) in [5.74, 6) is -2.71. The monoisotopic (exact) mass is 435 g/mol. The van der Waals surface area contributed by atoms with E-state index < -0.39 is 23.1 Å². The zero-order chi connectivity index (χ0) is 22.2. The van der Waals surface area contributed by atoms with E-state index in [0.717, 1.165) is 0 Å². The number of hydrogen-bond donors (Lipinski definition) is 3. The SMILES string of the molecule is Cc1cc(NC(=O)c2c(Cl)c(C(=O)C(=O)NC(C)(C)CO)n3c2CCC3)ccc1F. The Morgan fingerprint density at radius 2 is 2.00 bits per heavy atom. The topological polar surface area (TPSA) is 100 Å². The molecule has 9 heteroatoms. The standard InChI is InChI=1S/C21H23ClFN3O4/c1-11-9-12(6-7-13(11)23)24-19(29)15-14-5-4-8-26(14)17(16(15)22)18(28)20(30)25-21(2,3)10-27/h6-7,9,27H,4-5,8,10H2,1-3H3,(H,24,29)(H,25,30). The maximum absolute atomic E-state index is 13.5. The second kappa shape index (κ2) is 8.20. The van der Waals surface area contributed by atoms with Crippen molar-refractivity contribution in [3.63, 3.8) is 0 Å². The van der Waals surface area contributed by atoms with Crippen molar-refractivity contribution in [3.8, 4) is 0 Å². The minimum absolute atomic E-state index is 0.0455. The molecule has 3 N–H and O–H groups in total. The highest BCUT2D eigenvalue weighted by Gasteiger charge is 2.35. The summed E-state index contributed by atoms with van der Waals surface area (Å²) in [5, 5.41) is 14.4. The Bertz CT molecular complexity index is 1050. The lowest BCUT2D eigenvalue weighted by atomic mass is 10.1. The number of halogens is 2. The predicted octanol–water partition coefficient (Wildman–Crippen LogP) is 2.86. The molecule has 1 aromatic heterocycles. The smallest absolute Gasteiger partial charge is 0.294 e. The van der Waals surface area contributed by atoms with Crippen molar-refractivity contribution in [1.29, 1.82) is 0 Å². The minimum Gasteiger partial charge on any atom is -0.394 e. The summed E-state index contributed by atoms with van der Waals surface area (Å²) in [6.07, 6.45) is 1.23. The van der Waals surface area contributed by atoms with E-state index >= 15 is 0 Å². The van der Waals surface area contributed by atoms with Crippen LogP contribution >= 0.6 is 11.6 Å². The zero-order valence-electron chi connectivity index (χ0n) is 16.9. The third kappa shape index (κ3) is 4.11. The van der Waals surface area contributed by atoms with Crippen LogP contribution < -0.4 is 10.6 Å². The van der Waals surface area contributed by atoms with E-state index in [4.69, 9.17) is 11.6 Å². The number of aliphatic hydroxyl groups excluding tert-OH is 1. The summed E-state index contributed by atoms with van der Waals surface area (Å²) in [6, 6.07) is 4.17. The van der Waals surface area contributed by atoms with Gasteiger partial charge in [0.2, 0.25) is 0 Å². The summed E-state index contributed by atoms with van der Waals surface area (Å²) < 4.78 is 15.1. The Kier molecular flexibility index (Phi) is 6.01. The number of carbonyl (C=O) groups is 3. The van der Waals surface area contributed by atoms with Gasteiger partial charge in [0.1, 0.15) is 11.5 Å². The first-order chi connectivity index (χ1) is 14.1.